The van der Waals surface area contributed by atoms with Gasteiger partial charge in [0.15, 0.2) is 0 Å². The van der Waals surface area contributed by atoms with Crippen LogP contribution in [-0.2, 0) is 4.79 Å². The zero-order valence-corrected chi connectivity index (χ0v) is 11.9. The van der Waals surface area contributed by atoms with Crippen molar-refractivity contribution in [3.63, 3.8) is 0 Å². The quantitative estimate of drug-likeness (QED) is 0.706. The van der Waals surface area contributed by atoms with Crippen LogP contribution in [0.4, 0.5) is 0 Å². The van der Waals surface area contributed by atoms with E-state index in [1.165, 1.54) is 0 Å². The Balaban J connectivity index is 1.74. The van der Waals surface area contributed by atoms with E-state index in [9.17, 15) is 9.59 Å². The van der Waals surface area contributed by atoms with Gasteiger partial charge < -0.3 is 16.4 Å². The molecule has 4 N–H and O–H groups in total. The van der Waals surface area contributed by atoms with E-state index in [4.69, 9.17) is 5.73 Å². The first kappa shape index (κ1) is 15.4. The molecule has 0 spiro atoms. The van der Waals surface area contributed by atoms with Crippen LogP contribution < -0.4 is 16.4 Å². The Morgan fingerprint density at radius 3 is 2.24 bits per heavy atom. The number of hydrogen-bond acceptors (Lipinski definition) is 5. The highest BCUT2D eigenvalue weighted by atomic mass is 16.2. The fraction of sp³-hybridized carbons (Fsp3) is 0.571. The maximum atomic E-state index is 11.9. The number of nitrogens with one attached hydrogen (secondary N) is 2. The first-order valence-electron chi connectivity index (χ1n) is 7.26. The maximum Gasteiger partial charge on any atom is 0.289 e. The van der Waals surface area contributed by atoms with Gasteiger partial charge >= 0.3 is 0 Å². The second-order valence-electron chi connectivity index (χ2n) is 5.20. The van der Waals surface area contributed by atoms with E-state index < -0.39 is 0 Å². The van der Waals surface area contributed by atoms with E-state index >= 15 is 0 Å². The first-order valence-corrected chi connectivity index (χ1v) is 7.26. The van der Waals surface area contributed by atoms with E-state index in [0.29, 0.717) is 13.0 Å². The van der Waals surface area contributed by atoms with Gasteiger partial charge in [0.05, 0.1) is 0 Å². The highest BCUT2D eigenvalue weighted by Gasteiger charge is 2.24. The summed E-state index contributed by atoms with van der Waals surface area (Å²) in [5, 5.41) is 5.91. The Hall–Kier alpha value is -2.02. The molecule has 1 aliphatic rings. The molecule has 7 nitrogen and oxygen atoms in total. The van der Waals surface area contributed by atoms with Crippen molar-refractivity contribution >= 4 is 11.8 Å². The molecule has 1 fully saturated rings. The highest BCUT2D eigenvalue weighted by molar-refractivity contribution is 5.90. The number of amides is 2. The van der Waals surface area contributed by atoms with Crippen LogP contribution in [0, 0.1) is 0 Å². The van der Waals surface area contributed by atoms with Gasteiger partial charge in [-0.05, 0) is 31.7 Å². The van der Waals surface area contributed by atoms with E-state index in [1.807, 2.05) is 0 Å². The summed E-state index contributed by atoms with van der Waals surface area (Å²) < 4.78 is 0. The third-order valence-electron chi connectivity index (χ3n) is 3.57. The van der Waals surface area contributed by atoms with Crippen molar-refractivity contribution in [2.75, 3.05) is 6.54 Å². The van der Waals surface area contributed by atoms with Gasteiger partial charge in [-0.25, -0.2) is 9.97 Å². The average molecular weight is 291 g/mol. The fourth-order valence-electron chi connectivity index (χ4n) is 2.48. The largest absolute Gasteiger partial charge is 0.353 e. The molecule has 2 amide bonds. The van der Waals surface area contributed by atoms with Crippen molar-refractivity contribution in [3.8, 4) is 0 Å². The van der Waals surface area contributed by atoms with Crippen LogP contribution in [0.25, 0.3) is 0 Å². The summed E-state index contributed by atoms with van der Waals surface area (Å²) in [6, 6.07) is 1.97. The molecular weight excluding hydrogens is 270 g/mol. The average Bonchev–Trinajstić information content (AvgIpc) is 2.50. The molecule has 0 radical (unpaired) electrons. The van der Waals surface area contributed by atoms with Crippen LogP contribution in [0.3, 0.4) is 0 Å². The van der Waals surface area contributed by atoms with Crippen LogP contribution in [0.5, 0.6) is 0 Å². The number of rotatable bonds is 5. The number of nitrogens with zero attached hydrogens (tertiary/aromatic N) is 2. The van der Waals surface area contributed by atoms with Crippen molar-refractivity contribution in [1.82, 2.24) is 20.6 Å². The lowest BCUT2D eigenvalue weighted by molar-refractivity contribution is -0.121. The zero-order valence-electron chi connectivity index (χ0n) is 11.9. The van der Waals surface area contributed by atoms with Crippen LogP contribution in [0.2, 0.25) is 0 Å². The summed E-state index contributed by atoms with van der Waals surface area (Å²) in [5.74, 6) is -0.0511. The van der Waals surface area contributed by atoms with Crippen LogP contribution in [-0.4, -0.2) is 40.4 Å². The van der Waals surface area contributed by atoms with Crippen molar-refractivity contribution in [2.45, 2.75) is 44.2 Å². The number of nitrogens with two attached hydrogens (primary N) is 1. The summed E-state index contributed by atoms with van der Waals surface area (Å²) in [6.45, 7) is 0.369. The molecule has 1 aromatic rings. The summed E-state index contributed by atoms with van der Waals surface area (Å²) >= 11 is 0. The zero-order chi connectivity index (χ0) is 15.1. The minimum absolute atomic E-state index is 0.00247. The molecular formula is C14H21N5O2. The first-order chi connectivity index (χ1) is 10.2. The number of carbonyl (C=O) groups excluding carboxylic acids is 2. The molecule has 2 rings (SSSR count). The van der Waals surface area contributed by atoms with E-state index in [2.05, 4.69) is 20.6 Å². The van der Waals surface area contributed by atoms with Gasteiger partial charge in [0.2, 0.25) is 11.7 Å². The van der Waals surface area contributed by atoms with E-state index in [1.54, 1.807) is 18.5 Å². The molecule has 114 valence electrons. The fourth-order valence-corrected chi connectivity index (χ4v) is 2.48. The molecule has 7 heteroatoms. The maximum absolute atomic E-state index is 11.9. The van der Waals surface area contributed by atoms with Crippen molar-refractivity contribution in [1.29, 1.82) is 0 Å². The molecule has 0 saturated heterocycles. The summed E-state index contributed by atoms with van der Waals surface area (Å²) in [4.78, 5) is 31.3. The summed E-state index contributed by atoms with van der Waals surface area (Å²) in [6.07, 6.45) is 6.85. The molecule has 21 heavy (non-hydrogen) atoms. The van der Waals surface area contributed by atoms with Gasteiger partial charge in [0, 0.05) is 37.4 Å². The Kier molecular flexibility index (Phi) is 5.62. The Bertz CT molecular complexity index is 472. The molecule has 0 atom stereocenters. The Labute approximate surface area is 123 Å². The summed E-state index contributed by atoms with van der Waals surface area (Å²) in [5.41, 5.74) is 5.35. The van der Waals surface area contributed by atoms with Gasteiger partial charge in [0.1, 0.15) is 0 Å². The predicted molar refractivity (Wildman–Crippen MR) is 77.4 cm³/mol. The van der Waals surface area contributed by atoms with E-state index in [0.717, 1.165) is 25.7 Å². The Morgan fingerprint density at radius 2 is 1.67 bits per heavy atom. The Morgan fingerprint density at radius 1 is 1.10 bits per heavy atom. The van der Waals surface area contributed by atoms with Crippen molar-refractivity contribution in [3.05, 3.63) is 24.3 Å². The third-order valence-corrected chi connectivity index (χ3v) is 3.57. The highest BCUT2D eigenvalue weighted by Crippen LogP contribution is 2.19. The lowest BCUT2D eigenvalue weighted by Crippen LogP contribution is -2.44. The second kappa shape index (κ2) is 7.68. The number of carbonyl (C=O) groups is 2. The minimum Gasteiger partial charge on any atom is -0.353 e. The van der Waals surface area contributed by atoms with Crippen LogP contribution in [0.15, 0.2) is 18.5 Å². The van der Waals surface area contributed by atoms with Crippen molar-refractivity contribution in [2.24, 2.45) is 5.73 Å². The minimum atomic E-state index is -0.244. The van der Waals surface area contributed by atoms with Gasteiger partial charge in [-0.2, -0.15) is 0 Å². The predicted octanol–water partition coefficient (Wildman–Crippen LogP) is -0.0174. The molecule has 1 aromatic heterocycles. The smallest absolute Gasteiger partial charge is 0.289 e. The molecule has 0 bridgehead atoms. The topological polar surface area (TPSA) is 110 Å². The molecule has 1 heterocycles. The monoisotopic (exact) mass is 291 g/mol. The number of aromatic nitrogens is 2. The van der Waals surface area contributed by atoms with Crippen LogP contribution >= 0.6 is 0 Å². The lowest BCUT2D eigenvalue weighted by Gasteiger charge is -2.29. The standard InChI is InChI=1S/C14H21N5O2/c15-7-6-12(20)18-10-2-4-11(5-3-10)19-14(21)13-16-8-1-9-17-13/h1,8-11H,2-7,15H2,(H,18,20)(H,19,21). The second-order valence-corrected chi connectivity index (χ2v) is 5.20. The van der Waals surface area contributed by atoms with E-state index in [-0.39, 0.29) is 29.7 Å². The van der Waals surface area contributed by atoms with Crippen molar-refractivity contribution < 1.29 is 9.59 Å². The molecule has 1 saturated carbocycles. The molecule has 0 unspecified atom stereocenters. The van der Waals surface area contributed by atoms with Crippen LogP contribution in [0.1, 0.15) is 42.7 Å². The third kappa shape index (κ3) is 4.78. The normalized spacial score (nSPS) is 21.6. The molecule has 1 aliphatic carbocycles. The van der Waals surface area contributed by atoms with Gasteiger partial charge in [-0.1, -0.05) is 0 Å². The van der Waals surface area contributed by atoms with Gasteiger partial charge in [0.25, 0.3) is 5.91 Å². The van der Waals surface area contributed by atoms with Gasteiger partial charge in [-0.15, -0.1) is 0 Å². The molecule has 0 aromatic carbocycles. The number of hydrogen-bond donors (Lipinski definition) is 3. The lowest BCUT2D eigenvalue weighted by atomic mass is 9.91. The SMILES string of the molecule is NCCC(=O)NC1CCC(NC(=O)c2ncccn2)CC1. The molecule has 0 aliphatic heterocycles. The summed E-state index contributed by atoms with van der Waals surface area (Å²) in [7, 11) is 0. The van der Waals surface area contributed by atoms with Gasteiger partial charge in [-0.3, -0.25) is 9.59 Å².